The third-order valence-electron chi connectivity index (χ3n) is 4.72. The predicted molar refractivity (Wildman–Crippen MR) is 112 cm³/mol. The maximum atomic E-state index is 13.7. The van der Waals surface area contributed by atoms with E-state index in [1.165, 1.54) is 28.8 Å². The minimum atomic E-state index is -0.476. The number of fused-ring (bicyclic) bond motifs is 3. The van der Waals surface area contributed by atoms with Crippen molar-refractivity contribution >= 4 is 44.9 Å². The standard InChI is InChI=1S/C20H20FN3O2S2/c1-2-10-24-19(26)17-12-6-5-9-15(12)28-18(17)23-20(24)27-11-16(25)22-14-8-4-3-7-13(14)21/h3-4,7-8H,2,5-6,9-11H2,1H3,(H,22,25). The summed E-state index contributed by atoms with van der Waals surface area (Å²) < 4.78 is 15.4. The normalized spacial score (nSPS) is 13.1. The number of amides is 1. The van der Waals surface area contributed by atoms with Crippen LogP contribution >= 0.6 is 23.1 Å². The number of hydrogen-bond donors (Lipinski definition) is 1. The largest absolute Gasteiger partial charge is 0.323 e. The molecular formula is C20H20FN3O2S2. The number of benzene rings is 1. The first-order valence-corrected chi connectivity index (χ1v) is 11.1. The summed E-state index contributed by atoms with van der Waals surface area (Å²) in [5.74, 6) is -0.751. The maximum Gasteiger partial charge on any atom is 0.263 e. The average molecular weight is 418 g/mol. The molecule has 5 nitrogen and oxygen atoms in total. The van der Waals surface area contributed by atoms with Crippen LogP contribution in [0.25, 0.3) is 10.2 Å². The number of carbonyl (C=O) groups excluding carboxylic acids is 1. The number of halogens is 1. The minimum Gasteiger partial charge on any atom is -0.323 e. The van der Waals surface area contributed by atoms with Gasteiger partial charge >= 0.3 is 0 Å². The van der Waals surface area contributed by atoms with E-state index in [1.54, 1.807) is 28.0 Å². The van der Waals surface area contributed by atoms with Gasteiger partial charge in [-0.25, -0.2) is 9.37 Å². The summed E-state index contributed by atoms with van der Waals surface area (Å²) in [6.07, 6.45) is 3.85. The van der Waals surface area contributed by atoms with E-state index in [0.717, 1.165) is 41.5 Å². The van der Waals surface area contributed by atoms with E-state index in [1.807, 2.05) is 6.92 Å². The predicted octanol–water partition coefficient (Wildman–Crippen LogP) is 4.23. The van der Waals surface area contributed by atoms with Crippen LogP contribution in [0, 0.1) is 5.82 Å². The monoisotopic (exact) mass is 417 g/mol. The van der Waals surface area contributed by atoms with Crippen molar-refractivity contribution in [2.24, 2.45) is 0 Å². The fraction of sp³-hybridized carbons (Fsp3) is 0.350. The molecule has 2 heterocycles. The molecule has 0 saturated heterocycles. The summed E-state index contributed by atoms with van der Waals surface area (Å²) >= 11 is 2.81. The van der Waals surface area contributed by atoms with Crippen molar-refractivity contribution in [3.05, 3.63) is 50.9 Å². The maximum absolute atomic E-state index is 13.7. The first kappa shape index (κ1) is 19.1. The Morgan fingerprint density at radius 1 is 1.36 bits per heavy atom. The fourth-order valence-electron chi connectivity index (χ4n) is 3.47. The number of anilines is 1. The number of carbonyl (C=O) groups is 1. The number of aromatic nitrogens is 2. The molecule has 28 heavy (non-hydrogen) atoms. The molecule has 0 radical (unpaired) electrons. The van der Waals surface area contributed by atoms with Gasteiger partial charge in [-0.3, -0.25) is 14.2 Å². The lowest BCUT2D eigenvalue weighted by molar-refractivity contribution is -0.113. The van der Waals surface area contributed by atoms with Gasteiger partial charge in [-0.15, -0.1) is 11.3 Å². The summed E-state index contributed by atoms with van der Waals surface area (Å²) in [5.41, 5.74) is 1.30. The Morgan fingerprint density at radius 3 is 2.96 bits per heavy atom. The van der Waals surface area contributed by atoms with Crippen molar-refractivity contribution in [3.8, 4) is 0 Å². The van der Waals surface area contributed by atoms with Crippen molar-refractivity contribution in [2.75, 3.05) is 11.1 Å². The lowest BCUT2D eigenvalue weighted by atomic mass is 10.2. The van der Waals surface area contributed by atoms with Crippen molar-refractivity contribution in [1.29, 1.82) is 0 Å². The second-order valence-electron chi connectivity index (χ2n) is 6.71. The SMILES string of the molecule is CCCn1c(SCC(=O)Nc2ccccc2F)nc2sc3c(c2c1=O)CCC3. The Morgan fingerprint density at radius 2 is 2.18 bits per heavy atom. The number of thiophene rings is 1. The Bertz CT molecular complexity index is 1110. The molecule has 0 aliphatic heterocycles. The summed E-state index contributed by atoms with van der Waals surface area (Å²) in [7, 11) is 0. The third-order valence-corrected chi connectivity index (χ3v) is 6.88. The van der Waals surface area contributed by atoms with Crippen molar-refractivity contribution < 1.29 is 9.18 Å². The van der Waals surface area contributed by atoms with Crippen LogP contribution in [-0.2, 0) is 24.2 Å². The molecule has 0 unspecified atom stereocenters. The summed E-state index contributed by atoms with van der Waals surface area (Å²) in [6, 6.07) is 6.05. The van der Waals surface area contributed by atoms with Gasteiger partial charge in [0.25, 0.3) is 5.56 Å². The van der Waals surface area contributed by atoms with Gasteiger partial charge in [0.05, 0.1) is 16.8 Å². The first-order chi connectivity index (χ1) is 13.6. The molecule has 146 valence electrons. The van der Waals surface area contributed by atoms with E-state index in [-0.39, 0.29) is 22.9 Å². The lowest BCUT2D eigenvalue weighted by Gasteiger charge is -2.11. The fourth-order valence-corrected chi connectivity index (χ4v) is 5.60. The molecule has 1 aromatic carbocycles. The lowest BCUT2D eigenvalue weighted by Crippen LogP contribution is -2.24. The Kier molecular flexibility index (Phi) is 5.50. The highest BCUT2D eigenvalue weighted by atomic mass is 32.2. The minimum absolute atomic E-state index is 0.0109. The van der Waals surface area contributed by atoms with Crippen molar-refractivity contribution in [2.45, 2.75) is 44.3 Å². The molecule has 0 spiro atoms. The molecular weight excluding hydrogens is 397 g/mol. The highest BCUT2D eigenvalue weighted by Gasteiger charge is 2.23. The number of hydrogen-bond acceptors (Lipinski definition) is 5. The Labute approximate surface area is 170 Å². The van der Waals surface area contributed by atoms with Gasteiger partial charge in [0.2, 0.25) is 5.91 Å². The molecule has 2 aromatic heterocycles. The van der Waals surface area contributed by atoms with E-state index in [2.05, 4.69) is 5.32 Å². The van der Waals surface area contributed by atoms with Crippen LogP contribution in [0.15, 0.2) is 34.2 Å². The van der Waals surface area contributed by atoms with Gasteiger partial charge in [0, 0.05) is 11.4 Å². The highest BCUT2D eigenvalue weighted by Crippen LogP contribution is 2.35. The molecule has 1 aliphatic rings. The van der Waals surface area contributed by atoms with Gasteiger partial charge in [0.15, 0.2) is 5.16 Å². The van der Waals surface area contributed by atoms with Crippen molar-refractivity contribution in [1.82, 2.24) is 9.55 Å². The van der Waals surface area contributed by atoms with Gasteiger partial charge in [-0.05, 0) is 43.4 Å². The molecule has 1 N–H and O–H groups in total. The zero-order chi connectivity index (χ0) is 19.7. The quantitative estimate of drug-likeness (QED) is 0.482. The van der Waals surface area contributed by atoms with Crippen molar-refractivity contribution in [3.63, 3.8) is 0 Å². The topological polar surface area (TPSA) is 64.0 Å². The van der Waals surface area contributed by atoms with Gasteiger partial charge in [0.1, 0.15) is 10.6 Å². The number of nitrogens with zero attached hydrogens (tertiary/aromatic N) is 2. The van der Waals surface area contributed by atoms with Crippen LogP contribution < -0.4 is 10.9 Å². The first-order valence-electron chi connectivity index (χ1n) is 9.30. The van der Waals surface area contributed by atoms with Crippen LogP contribution in [0.5, 0.6) is 0 Å². The molecule has 0 bridgehead atoms. The van der Waals surface area contributed by atoms with Crippen LogP contribution in [-0.4, -0.2) is 21.2 Å². The van der Waals surface area contributed by atoms with E-state index < -0.39 is 5.82 Å². The summed E-state index contributed by atoms with van der Waals surface area (Å²) in [5, 5.41) is 3.87. The van der Waals surface area contributed by atoms with Gasteiger partial charge in [-0.2, -0.15) is 0 Å². The molecule has 1 amide bonds. The third kappa shape index (κ3) is 3.58. The number of para-hydroxylation sites is 1. The number of rotatable bonds is 6. The number of aryl methyl sites for hydroxylation is 2. The Balaban J connectivity index is 1.59. The molecule has 0 atom stereocenters. The molecule has 3 aromatic rings. The Hall–Kier alpha value is -2.19. The molecule has 4 rings (SSSR count). The van der Waals surface area contributed by atoms with Crippen LogP contribution in [0.3, 0.4) is 0 Å². The zero-order valence-electron chi connectivity index (χ0n) is 15.5. The number of thioether (sulfide) groups is 1. The molecule has 1 aliphatic carbocycles. The smallest absolute Gasteiger partial charge is 0.263 e. The molecule has 0 saturated carbocycles. The van der Waals surface area contributed by atoms with E-state index in [4.69, 9.17) is 4.98 Å². The van der Waals surface area contributed by atoms with Gasteiger partial charge < -0.3 is 5.32 Å². The second kappa shape index (κ2) is 8.05. The molecule has 0 fully saturated rings. The van der Waals surface area contributed by atoms with Crippen LogP contribution in [0.4, 0.5) is 10.1 Å². The summed E-state index contributed by atoms with van der Waals surface area (Å²) in [4.78, 5) is 32.1. The highest BCUT2D eigenvalue weighted by molar-refractivity contribution is 7.99. The number of nitrogens with one attached hydrogen (secondary N) is 1. The molecule has 8 heteroatoms. The van der Waals surface area contributed by atoms with Crippen LogP contribution in [0.2, 0.25) is 0 Å². The van der Waals surface area contributed by atoms with E-state index in [0.29, 0.717) is 11.7 Å². The van der Waals surface area contributed by atoms with E-state index >= 15 is 0 Å². The van der Waals surface area contributed by atoms with E-state index in [9.17, 15) is 14.0 Å². The van der Waals surface area contributed by atoms with Gasteiger partial charge in [-0.1, -0.05) is 30.8 Å². The second-order valence-corrected chi connectivity index (χ2v) is 8.73. The van der Waals surface area contributed by atoms with Crippen LogP contribution in [0.1, 0.15) is 30.2 Å². The summed E-state index contributed by atoms with van der Waals surface area (Å²) in [6.45, 7) is 2.57. The average Bonchev–Trinajstić information content (AvgIpc) is 3.25. The zero-order valence-corrected chi connectivity index (χ0v) is 17.1.